The van der Waals surface area contributed by atoms with E-state index in [0.717, 1.165) is 83.2 Å². The lowest BCUT2D eigenvalue weighted by Gasteiger charge is -2.12. The summed E-state index contributed by atoms with van der Waals surface area (Å²) in [6.07, 6.45) is 0. The zero-order valence-electron chi connectivity index (χ0n) is 25.0. The SMILES string of the molecule is c1ccc(-c2cccc(-c3oc(-c4ccc(-c5cccc6c5oc5ccccc56)cc4-c4ccccc4)c4ccccc34)c2)cc1. The second kappa shape index (κ2) is 10.8. The van der Waals surface area contributed by atoms with Crippen LogP contribution in [0.25, 0.3) is 88.7 Å². The fourth-order valence-electron chi connectivity index (χ4n) is 6.72. The first-order chi connectivity index (χ1) is 22.8. The van der Waals surface area contributed by atoms with Gasteiger partial charge in [0.05, 0.1) is 0 Å². The van der Waals surface area contributed by atoms with Crippen LogP contribution in [-0.4, -0.2) is 0 Å². The van der Waals surface area contributed by atoms with Crippen LogP contribution in [0.1, 0.15) is 0 Å². The first-order valence-electron chi connectivity index (χ1n) is 15.6. The number of hydrogen-bond acceptors (Lipinski definition) is 2. The van der Waals surface area contributed by atoms with Gasteiger partial charge in [0.25, 0.3) is 0 Å². The molecule has 9 aromatic rings. The highest BCUT2D eigenvalue weighted by atomic mass is 16.3. The van der Waals surface area contributed by atoms with Gasteiger partial charge in [-0.15, -0.1) is 0 Å². The molecule has 2 nitrogen and oxygen atoms in total. The van der Waals surface area contributed by atoms with Crippen molar-refractivity contribution >= 4 is 32.7 Å². The van der Waals surface area contributed by atoms with E-state index in [1.54, 1.807) is 0 Å². The Bertz CT molecular complexity index is 2520. The van der Waals surface area contributed by atoms with Crippen molar-refractivity contribution in [2.24, 2.45) is 0 Å². The average molecular weight is 589 g/mol. The molecule has 0 aliphatic heterocycles. The van der Waals surface area contributed by atoms with Crippen LogP contribution in [0.5, 0.6) is 0 Å². The van der Waals surface area contributed by atoms with Gasteiger partial charge in [0.1, 0.15) is 22.7 Å². The van der Waals surface area contributed by atoms with Gasteiger partial charge >= 0.3 is 0 Å². The van der Waals surface area contributed by atoms with Crippen molar-refractivity contribution in [3.8, 4) is 56.0 Å². The molecule has 0 spiro atoms. The smallest absolute Gasteiger partial charge is 0.143 e. The lowest BCUT2D eigenvalue weighted by Crippen LogP contribution is -1.87. The number of rotatable bonds is 5. The van der Waals surface area contributed by atoms with Crippen LogP contribution in [0, 0.1) is 0 Å². The van der Waals surface area contributed by atoms with Crippen molar-refractivity contribution in [1.29, 1.82) is 0 Å². The molecule has 0 amide bonds. The summed E-state index contributed by atoms with van der Waals surface area (Å²) < 4.78 is 13.4. The zero-order valence-corrected chi connectivity index (χ0v) is 25.0. The van der Waals surface area contributed by atoms with Gasteiger partial charge in [0.2, 0.25) is 0 Å². The molecule has 0 saturated heterocycles. The quantitative estimate of drug-likeness (QED) is 0.200. The Hall–Kier alpha value is -6.12. The fraction of sp³-hybridized carbons (Fsp3) is 0. The zero-order chi connectivity index (χ0) is 30.5. The number of benzene rings is 7. The van der Waals surface area contributed by atoms with E-state index < -0.39 is 0 Å². The molecular formula is C44H28O2. The highest BCUT2D eigenvalue weighted by molar-refractivity contribution is 6.10. The molecule has 0 aliphatic rings. The maximum Gasteiger partial charge on any atom is 0.143 e. The predicted molar refractivity (Wildman–Crippen MR) is 191 cm³/mol. The lowest BCUT2D eigenvalue weighted by atomic mass is 9.92. The Balaban J connectivity index is 1.25. The summed E-state index contributed by atoms with van der Waals surface area (Å²) in [7, 11) is 0. The highest BCUT2D eigenvalue weighted by Crippen LogP contribution is 2.45. The molecule has 0 bridgehead atoms. The second-order valence-electron chi connectivity index (χ2n) is 11.7. The van der Waals surface area contributed by atoms with Crippen molar-refractivity contribution in [2.75, 3.05) is 0 Å². The Morgan fingerprint density at radius 2 is 0.891 bits per heavy atom. The third-order valence-corrected chi connectivity index (χ3v) is 8.92. The summed E-state index contributed by atoms with van der Waals surface area (Å²) in [4.78, 5) is 0. The summed E-state index contributed by atoms with van der Waals surface area (Å²) in [6.45, 7) is 0. The molecule has 0 aliphatic carbocycles. The van der Waals surface area contributed by atoms with Gasteiger partial charge in [-0.25, -0.2) is 0 Å². The molecule has 2 heterocycles. The molecule has 216 valence electrons. The van der Waals surface area contributed by atoms with E-state index in [2.05, 4.69) is 152 Å². The minimum atomic E-state index is 0.864. The van der Waals surface area contributed by atoms with Gasteiger partial charge in [-0.2, -0.15) is 0 Å². The number of furan rings is 2. The molecule has 2 heteroatoms. The minimum Gasteiger partial charge on any atom is -0.455 e. The molecule has 9 rings (SSSR count). The molecule has 0 atom stereocenters. The second-order valence-corrected chi connectivity index (χ2v) is 11.7. The van der Waals surface area contributed by atoms with Crippen molar-refractivity contribution < 1.29 is 8.83 Å². The van der Waals surface area contributed by atoms with E-state index in [0.29, 0.717) is 0 Å². The van der Waals surface area contributed by atoms with Crippen LogP contribution >= 0.6 is 0 Å². The first-order valence-corrected chi connectivity index (χ1v) is 15.6. The summed E-state index contributed by atoms with van der Waals surface area (Å²) in [5, 5.41) is 4.44. The van der Waals surface area contributed by atoms with Crippen molar-refractivity contribution in [3.63, 3.8) is 0 Å². The highest BCUT2D eigenvalue weighted by Gasteiger charge is 2.21. The summed E-state index contributed by atoms with van der Waals surface area (Å²) in [5.41, 5.74) is 10.6. The van der Waals surface area contributed by atoms with E-state index in [1.807, 2.05) is 18.2 Å². The topological polar surface area (TPSA) is 26.3 Å². The molecular weight excluding hydrogens is 560 g/mol. The molecule has 0 radical (unpaired) electrons. The molecule has 0 fully saturated rings. The lowest BCUT2D eigenvalue weighted by molar-refractivity contribution is 0.602. The van der Waals surface area contributed by atoms with Crippen molar-refractivity contribution in [2.45, 2.75) is 0 Å². The third-order valence-electron chi connectivity index (χ3n) is 8.92. The van der Waals surface area contributed by atoms with Crippen LogP contribution < -0.4 is 0 Å². The fourth-order valence-corrected chi connectivity index (χ4v) is 6.72. The standard InChI is InChI=1S/C44H28O2/c1-3-13-29(14-4-1)31-17-11-18-33(27-31)42-37-20-7-8-21-38(37)44(46-42)39-26-25-32(28-40(39)30-15-5-2-6-16-30)34-22-12-23-36-35-19-9-10-24-41(35)45-43(34)36/h1-28H. The third kappa shape index (κ3) is 4.35. The molecule has 0 unspecified atom stereocenters. The molecule has 0 saturated carbocycles. The predicted octanol–water partition coefficient (Wildman–Crippen LogP) is 12.7. The maximum atomic E-state index is 6.93. The van der Waals surface area contributed by atoms with Crippen LogP contribution in [0.3, 0.4) is 0 Å². The van der Waals surface area contributed by atoms with Gasteiger partial charge in [-0.3, -0.25) is 0 Å². The van der Waals surface area contributed by atoms with E-state index in [4.69, 9.17) is 8.83 Å². The van der Waals surface area contributed by atoms with Crippen LogP contribution in [0.2, 0.25) is 0 Å². The van der Waals surface area contributed by atoms with Crippen LogP contribution in [0.4, 0.5) is 0 Å². The van der Waals surface area contributed by atoms with Gasteiger partial charge < -0.3 is 8.83 Å². The molecule has 7 aromatic carbocycles. The number of para-hydroxylation sites is 2. The maximum absolute atomic E-state index is 6.93. The number of fused-ring (bicyclic) bond motifs is 4. The largest absolute Gasteiger partial charge is 0.455 e. The van der Waals surface area contributed by atoms with E-state index in [-0.39, 0.29) is 0 Å². The Morgan fingerprint density at radius 1 is 0.283 bits per heavy atom. The molecule has 46 heavy (non-hydrogen) atoms. The van der Waals surface area contributed by atoms with E-state index in [1.165, 1.54) is 5.56 Å². The van der Waals surface area contributed by atoms with Gasteiger partial charge in [-0.05, 0) is 52.1 Å². The van der Waals surface area contributed by atoms with Gasteiger partial charge in [-0.1, -0.05) is 146 Å². The average Bonchev–Trinajstić information content (AvgIpc) is 3.71. The number of hydrogen-bond donors (Lipinski definition) is 0. The molecule has 2 aromatic heterocycles. The van der Waals surface area contributed by atoms with E-state index in [9.17, 15) is 0 Å². The van der Waals surface area contributed by atoms with E-state index >= 15 is 0 Å². The Labute approximate surface area is 266 Å². The normalized spacial score (nSPS) is 11.5. The Morgan fingerprint density at radius 3 is 1.70 bits per heavy atom. The van der Waals surface area contributed by atoms with Crippen molar-refractivity contribution in [3.05, 3.63) is 170 Å². The van der Waals surface area contributed by atoms with Crippen LogP contribution in [0.15, 0.2) is 179 Å². The van der Waals surface area contributed by atoms with Gasteiger partial charge in [0.15, 0.2) is 0 Å². The minimum absolute atomic E-state index is 0.864. The summed E-state index contributed by atoms with van der Waals surface area (Å²) >= 11 is 0. The Kier molecular flexibility index (Phi) is 6.17. The summed E-state index contributed by atoms with van der Waals surface area (Å²) in [5.74, 6) is 1.74. The van der Waals surface area contributed by atoms with Gasteiger partial charge in [0, 0.05) is 38.2 Å². The molecule has 0 N–H and O–H groups in total. The first kappa shape index (κ1) is 26.3. The summed E-state index contributed by atoms with van der Waals surface area (Å²) in [6, 6.07) is 59.5. The van der Waals surface area contributed by atoms with Crippen LogP contribution in [-0.2, 0) is 0 Å². The van der Waals surface area contributed by atoms with Crippen molar-refractivity contribution in [1.82, 2.24) is 0 Å². The monoisotopic (exact) mass is 588 g/mol.